The standard InChI is InChI=1S/C52H32/c1-3-14-34(15-4-1)48-44-20-9-10-21-45(44)49(35-16-5-2-6-17-35)52-47-30-29-42(43-23-12-24-46(50(43)47)51(48)52)39-28-26-36-31-38(27-25-37(36)32-39)41-22-11-18-33-13-7-8-19-40(33)41/h1-32H. The minimum absolute atomic E-state index is 1.24. The topological polar surface area (TPSA) is 0 Å². The molecule has 0 unspecified atom stereocenters. The van der Waals surface area contributed by atoms with Gasteiger partial charge in [0.2, 0.25) is 0 Å². The fourth-order valence-electron chi connectivity index (χ4n) is 8.92. The summed E-state index contributed by atoms with van der Waals surface area (Å²) in [5.74, 6) is 0. The van der Waals surface area contributed by atoms with E-state index in [0.717, 1.165) is 0 Å². The van der Waals surface area contributed by atoms with Gasteiger partial charge in [-0.1, -0.05) is 182 Å². The molecule has 0 atom stereocenters. The lowest BCUT2D eigenvalue weighted by atomic mass is 9.82. The molecular weight excluding hydrogens is 625 g/mol. The highest BCUT2D eigenvalue weighted by Crippen LogP contribution is 2.58. The average Bonchev–Trinajstić information content (AvgIpc) is 3.54. The molecule has 0 amide bonds. The van der Waals surface area contributed by atoms with Crippen molar-refractivity contribution in [1.29, 1.82) is 0 Å². The van der Waals surface area contributed by atoms with Crippen LogP contribution < -0.4 is 0 Å². The van der Waals surface area contributed by atoms with Crippen LogP contribution in [0.1, 0.15) is 0 Å². The van der Waals surface area contributed by atoms with Crippen LogP contribution in [-0.2, 0) is 0 Å². The Balaban J connectivity index is 1.13. The molecule has 0 saturated carbocycles. The van der Waals surface area contributed by atoms with E-state index in [2.05, 4.69) is 194 Å². The third-order valence-electron chi connectivity index (χ3n) is 11.2. The lowest BCUT2D eigenvalue weighted by molar-refractivity contribution is 1.62. The number of hydrogen-bond donors (Lipinski definition) is 0. The van der Waals surface area contributed by atoms with E-state index in [0.29, 0.717) is 0 Å². The second-order valence-electron chi connectivity index (χ2n) is 14.0. The summed E-state index contributed by atoms with van der Waals surface area (Å²) < 4.78 is 0. The van der Waals surface area contributed by atoms with Gasteiger partial charge < -0.3 is 0 Å². The quantitative estimate of drug-likeness (QED) is 0.177. The van der Waals surface area contributed by atoms with Gasteiger partial charge in [0, 0.05) is 0 Å². The van der Waals surface area contributed by atoms with E-state index in [1.165, 1.54) is 110 Å². The fourth-order valence-corrected chi connectivity index (χ4v) is 8.92. The lowest BCUT2D eigenvalue weighted by Crippen LogP contribution is -1.93. The van der Waals surface area contributed by atoms with Gasteiger partial charge in [-0.05, 0) is 122 Å². The summed E-state index contributed by atoms with van der Waals surface area (Å²) in [4.78, 5) is 0. The van der Waals surface area contributed by atoms with Crippen molar-refractivity contribution in [3.05, 3.63) is 194 Å². The van der Waals surface area contributed by atoms with Crippen LogP contribution in [0.2, 0.25) is 0 Å². The second-order valence-corrected chi connectivity index (χ2v) is 14.0. The van der Waals surface area contributed by atoms with Gasteiger partial charge in [0.05, 0.1) is 0 Å². The number of fused-ring (bicyclic) bond motifs is 6. The molecule has 11 rings (SSSR count). The maximum Gasteiger partial charge on any atom is -0.000741 e. The number of benzene rings is 10. The molecular formula is C52H32. The zero-order chi connectivity index (χ0) is 34.2. The highest BCUT2D eigenvalue weighted by atomic mass is 14.3. The van der Waals surface area contributed by atoms with E-state index in [-0.39, 0.29) is 0 Å². The molecule has 1 aliphatic rings. The van der Waals surface area contributed by atoms with Crippen LogP contribution in [0.4, 0.5) is 0 Å². The minimum atomic E-state index is 1.24. The highest BCUT2D eigenvalue weighted by molar-refractivity contribution is 6.28. The Kier molecular flexibility index (Phi) is 6.35. The molecule has 0 saturated heterocycles. The summed E-state index contributed by atoms with van der Waals surface area (Å²) in [7, 11) is 0. The van der Waals surface area contributed by atoms with Crippen molar-refractivity contribution in [2.24, 2.45) is 0 Å². The molecule has 10 aromatic carbocycles. The van der Waals surface area contributed by atoms with Crippen molar-refractivity contribution in [3.63, 3.8) is 0 Å². The Morgan fingerprint density at radius 1 is 0.212 bits per heavy atom. The molecule has 0 aliphatic heterocycles. The van der Waals surface area contributed by atoms with Crippen molar-refractivity contribution in [1.82, 2.24) is 0 Å². The van der Waals surface area contributed by atoms with Crippen molar-refractivity contribution in [2.75, 3.05) is 0 Å². The molecule has 0 spiro atoms. The monoisotopic (exact) mass is 656 g/mol. The first kappa shape index (κ1) is 29.0. The van der Waals surface area contributed by atoms with E-state index < -0.39 is 0 Å². The molecule has 0 fully saturated rings. The average molecular weight is 657 g/mol. The zero-order valence-corrected chi connectivity index (χ0v) is 28.5. The Labute approximate surface area is 302 Å². The van der Waals surface area contributed by atoms with Gasteiger partial charge in [-0.3, -0.25) is 0 Å². The summed E-state index contributed by atoms with van der Waals surface area (Å²) in [6.45, 7) is 0. The fraction of sp³-hybridized carbons (Fsp3) is 0. The van der Waals surface area contributed by atoms with Crippen molar-refractivity contribution >= 4 is 43.1 Å². The molecule has 0 heteroatoms. The van der Waals surface area contributed by atoms with E-state index in [9.17, 15) is 0 Å². The SMILES string of the molecule is c1ccc(-c2c3c(c(-c4ccccc4)c4ccccc24)-c2ccc(-c4ccc5cc(-c6cccc7ccccc67)ccc5c4)c4cccc-3c24)cc1. The van der Waals surface area contributed by atoms with E-state index >= 15 is 0 Å². The van der Waals surface area contributed by atoms with Crippen LogP contribution in [0, 0.1) is 0 Å². The molecule has 0 aromatic heterocycles. The molecule has 10 aromatic rings. The smallest absolute Gasteiger partial charge is 0.000741 e. The second kappa shape index (κ2) is 11.4. The van der Waals surface area contributed by atoms with E-state index in [1.807, 2.05) is 0 Å². The van der Waals surface area contributed by atoms with Crippen LogP contribution in [0.3, 0.4) is 0 Å². The predicted octanol–water partition coefficient (Wildman–Crippen LogP) is 14.6. The Hall–Kier alpha value is -6.76. The first-order chi connectivity index (χ1) is 25.8. The first-order valence-corrected chi connectivity index (χ1v) is 18.1. The number of rotatable bonds is 4. The largest absolute Gasteiger partial charge is 0.0622 e. The molecule has 0 radical (unpaired) electrons. The van der Waals surface area contributed by atoms with Crippen molar-refractivity contribution < 1.29 is 0 Å². The summed E-state index contributed by atoms with van der Waals surface area (Å²) >= 11 is 0. The minimum Gasteiger partial charge on any atom is -0.0622 e. The predicted molar refractivity (Wildman–Crippen MR) is 223 cm³/mol. The van der Waals surface area contributed by atoms with Crippen LogP contribution >= 0.6 is 0 Å². The lowest BCUT2D eigenvalue weighted by Gasteiger charge is -2.20. The molecule has 52 heavy (non-hydrogen) atoms. The van der Waals surface area contributed by atoms with E-state index in [1.54, 1.807) is 0 Å². The third kappa shape index (κ3) is 4.28. The van der Waals surface area contributed by atoms with Gasteiger partial charge in [-0.2, -0.15) is 0 Å². The molecule has 1 aliphatic carbocycles. The maximum atomic E-state index is 2.39. The Bertz CT molecular complexity index is 2940. The summed E-state index contributed by atoms with van der Waals surface area (Å²) in [6.07, 6.45) is 0. The maximum absolute atomic E-state index is 2.39. The zero-order valence-electron chi connectivity index (χ0n) is 28.5. The summed E-state index contributed by atoms with van der Waals surface area (Å²) in [5, 5.41) is 10.3. The Morgan fingerprint density at radius 2 is 0.654 bits per heavy atom. The van der Waals surface area contributed by atoms with Gasteiger partial charge in [-0.15, -0.1) is 0 Å². The summed E-state index contributed by atoms with van der Waals surface area (Å²) in [6, 6.07) is 71.7. The third-order valence-corrected chi connectivity index (χ3v) is 11.2. The molecule has 0 bridgehead atoms. The molecule has 0 nitrogen and oxygen atoms in total. The van der Waals surface area contributed by atoms with Gasteiger partial charge in [0.1, 0.15) is 0 Å². The van der Waals surface area contributed by atoms with E-state index in [4.69, 9.17) is 0 Å². The molecule has 240 valence electrons. The van der Waals surface area contributed by atoms with Gasteiger partial charge >= 0.3 is 0 Å². The molecule has 0 heterocycles. The normalized spacial score (nSPS) is 11.8. The van der Waals surface area contributed by atoms with Crippen LogP contribution in [0.15, 0.2) is 194 Å². The number of hydrogen-bond acceptors (Lipinski definition) is 0. The van der Waals surface area contributed by atoms with Gasteiger partial charge in [0.25, 0.3) is 0 Å². The Morgan fingerprint density at radius 3 is 1.29 bits per heavy atom. The van der Waals surface area contributed by atoms with Gasteiger partial charge in [0.15, 0.2) is 0 Å². The van der Waals surface area contributed by atoms with Crippen LogP contribution in [0.5, 0.6) is 0 Å². The first-order valence-electron chi connectivity index (χ1n) is 18.1. The summed E-state index contributed by atoms with van der Waals surface area (Å²) in [5.41, 5.74) is 15.4. The van der Waals surface area contributed by atoms with Crippen molar-refractivity contribution in [2.45, 2.75) is 0 Å². The van der Waals surface area contributed by atoms with Crippen molar-refractivity contribution in [3.8, 4) is 66.8 Å². The highest BCUT2D eigenvalue weighted by Gasteiger charge is 2.31. The van der Waals surface area contributed by atoms with Crippen LogP contribution in [-0.4, -0.2) is 0 Å². The molecule has 0 N–H and O–H groups in total. The van der Waals surface area contributed by atoms with Crippen LogP contribution in [0.25, 0.3) is 110 Å². The van der Waals surface area contributed by atoms with Gasteiger partial charge in [-0.25, -0.2) is 0 Å².